The minimum absolute atomic E-state index is 0.122. The Kier molecular flexibility index (Phi) is 2.85. The van der Waals surface area contributed by atoms with Crippen LogP contribution in [-0.2, 0) is 23.0 Å². The predicted molar refractivity (Wildman–Crippen MR) is 54.4 cm³/mol. The lowest BCUT2D eigenvalue weighted by molar-refractivity contribution is -0.671. The Labute approximate surface area is 93.2 Å². The molecule has 2 rings (SSSR count). The zero-order valence-corrected chi connectivity index (χ0v) is 9.05. The smallest absolute Gasteiger partial charge is 0.417 e. The summed E-state index contributed by atoms with van der Waals surface area (Å²) in [6.45, 7) is 0.258. The summed E-state index contributed by atoms with van der Waals surface area (Å²) in [7, 11) is 1.94. The van der Waals surface area contributed by atoms with Crippen LogP contribution in [0.3, 0.4) is 0 Å². The van der Waals surface area contributed by atoms with Gasteiger partial charge in [0.15, 0.2) is 19.0 Å². The highest BCUT2D eigenvalue weighted by Crippen LogP contribution is 2.07. The van der Waals surface area contributed by atoms with E-state index in [0.29, 0.717) is 13.0 Å². The molecule has 1 fully saturated rings. The Hall–Kier alpha value is -1.91. The number of ether oxygens (including phenoxy) is 1. The summed E-state index contributed by atoms with van der Waals surface area (Å²) < 4.78 is 6.55. The number of aromatic nitrogens is 1. The minimum atomic E-state index is -0.536. The van der Waals surface area contributed by atoms with Gasteiger partial charge in [0.25, 0.3) is 5.91 Å². The van der Waals surface area contributed by atoms with Crippen LogP contribution in [0, 0.1) is 0 Å². The highest BCUT2D eigenvalue weighted by Gasteiger charge is 2.30. The molecule has 1 saturated heterocycles. The molecule has 0 aliphatic carbocycles. The molecule has 5 nitrogen and oxygen atoms in total. The maximum absolute atomic E-state index is 11.2. The van der Waals surface area contributed by atoms with Gasteiger partial charge in [0.05, 0.1) is 0 Å². The lowest BCUT2D eigenvalue weighted by atomic mass is 10.2. The first-order valence-electron chi connectivity index (χ1n) is 5.08. The van der Waals surface area contributed by atoms with E-state index in [0.717, 1.165) is 10.5 Å². The van der Waals surface area contributed by atoms with Gasteiger partial charge in [-0.1, -0.05) is 0 Å². The van der Waals surface area contributed by atoms with Crippen LogP contribution in [0.2, 0.25) is 0 Å². The molecule has 1 aliphatic rings. The molecule has 0 bridgehead atoms. The van der Waals surface area contributed by atoms with Crippen LogP contribution >= 0.6 is 0 Å². The highest BCUT2D eigenvalue weighted by molar-refractivity contribution is 5.97. The zero-order valence-electron chi connectivity index (χ0n) is 9.05. The van der Waals surface area contributed by atoms with Gasteiger partial charge in [0.1, 0.15) is 7.05 Å². The normalized spacial score (nSPS) is 15.4. The SMILES string of the molecule is C[n+]1ccc(CCN2C(=O)COC2=O)cc1. The number of rotatable bonds is 3. The summed E-state index contributed by atoms with van der Waals surface area (Å²) in [5.41, 5.74) is 1.09. The quantitative estimate of drug-likeness (QED) is 0.677. The molecule has 0 radical (unpaired) electrons. The molecular formula is C11H13N2O3+. The standard InChI is InChI=1S/C11H13N2O3/c1-12-5-2-9(3-6-12)4-7-13-10(14)8-16-11(13)15/h2-3,5-6H,4,7-8H2,1H3/q+1. The van der Waals surface area contributed by atoms with E-state index < -0.39 is 6.09 Å². The third kappa shape index (κ3) is 2.18. The first-order valence-corrected chi connectivity index (χ1v) is 5.08. The van der Waals surface area contributed by atoms with Crippen LogP contribution in [0.25, 0.3) is 0 Å². The van der Waals surface area contributed by atoms with E-state index >= 15 is 0 Å². The van der Waals surface area contributed by atoms with Crippen molar-refractivity contribution in [3.05, 3.63) is 30.1 Å². The number of cyclic esters (lactones) is 1. The minimum Gasteiger partial charge on any atom is -0.439 e. The second-order valence-corrected chi connectivity index (χ2v) is 3.72. The first-order chi connectivity index (χ1) is 7.66. The molecule has 2 amide bonds. The van der Waals surface area contributed by atoms with Crippen molar-refractivity contribution in [3.63, 3.8) is 0 Å². The first kappa shape index (κ1) is 10.6. The average Bonchev–Trinajstić information content (AvgIpc) is 2.59. The van der Waals surface area contributed by atoms with Crippen LogP contribution in [0.1, 0.15) is 5.56 Å². The summed E-state index contributed by atoms with van der Waals surface area (Å²) in [5, 5.41) is 0. The van der Waals surface area contributed by atoms with Gasteiger partial charge in [0, 0.05) is 18.7 Å². The van der Waals surface area contributed by atoms with E-state index in [1.54, 1.807) is 0 Å². The molecule has 2 heterocycles. The molecule has 0 aromatic carbocycles. The molecule has 0 spiro atoms. The van der Waals surface area contributed by atoms with E-state index in [-0.39, 0.29) is 12.5 Å². The van der Waals surface area contributed by atoms with Gasteiger partial charge in [-0.2, -0.15) is 0 Å². The van der Waals surface area contributed by atoms with Gasteiger partial charge in [0.2, 0.25) is 0 Å². The average molecular weight is 221 g/mol. The van der Waals surface area contributed by atoms with Crippen molar-refractivity contribution >= 4 is 12.0 Å². The number of carbonyl (C=O) groups excluding carboxylic acids is 2. The van der Waals surface area contributed by atoms with Crippen LogP contribution in [0.5, 0.6) is 0 Å². The fourth-order valence-electron chi connectivity index (χ4n) is 1.54. The fraction of sp³-hybridized carbons (Fsp3) is 0.364. The number of hydrogen-bond donors (Lipinski definition) is 0. The van der Waals surface area contributed by atoms with Crippen molar-refractivity contribution in [2.75, 3.05) is 13.2 Å². The molecule has 0 saturated carbocycles. The number of pyridine rings is 1. The lowest BCUT2D eigenvalue weighted by Gasteiger charge is -2.09. The predicted octanol–water partition coefficient (Wildman–Crippen LogP) is 0.0324. The second kappa shape index (κ2) is 4.30. The molecule has 1 aromatic heterocycles. The topological polar surface area (TPSA) is 50.5 Å². The second-order valence-electron chi connectivity index (χ2n) is 3.72. The summed E-state index contributed by atoms with van der Waals surface area (Å²) in [6.07, 6.45) is 3.98. The Morgan fingerprint density at radius 2 is 2.06 bits per heavy atom. The summed E-state index contributed by atoms with van der Waals surface area (Å²) in [6, 6.07) is 3.93. The van der Waals surface area contributed by atoms with Gasteiger partial charge in [-0.05, 0) is 12.0 Å². The van der Waals surface area contributed by atoms with E-state index in [2.05, 4.69) is 4.74 Å². The van der Waals surface area contributed by atoms with Crippen LogP contribution in [0.4, 0.5) is 4.79 Å². The molecule has 84 valence electrons. The van der Waals surface area contributed by atoms with E-state index in [9.17, 15) is 9.59 Å². The lowest BCUT2D eigenvalue weighted by Crippen LogP contribution is -2.31. The van der Waals surface area contributed by atoms with Crippen LogP contribution < -0.4 is 4.57 Å². The molecule has 16 heavy (non-hydrogen) atoms. The van der Waals surface area contributed by atoms with Crippen molar-refractivity contribution in [3.8, 4) is 0 Å². The van der Waals surface area contributed by atoms with E-state index in [4.69, 9.17) is 0 Å². The number of carbonyl (C=O) groups is 2. The van der Waals surface area contributed by atoms with E-state index in [1.165, 1.54) is 0 Å². The molecule has 0 N–H and O–H groups in total. The fourth-order valence-corrected chi connectivity index (χ4v) is 1.54. The summed E-state index contributed by atoms with van der Waals surface area (Å²) >= 11 is 0. The van der Waals surface area contributed by atoms with Crippen molar-refractivity contribution in [1.82, 2.24) is 4.90 Å². The number of amides is 2. The van der Waals surface area contributed by atoms with Crippen molar-refractivity contribution < 1.29 is 18.9 Å². The summed E-state index contributed by atoms with van der Waals surface area (Å²) in [4.78, 5) is 23.5. The van der Waals surface area contributed by atoms with Gasteiger partial charge >= 0.3 is 6.09 Å². The van der Waals surface area contributed by atoms with Gasteiger partial charge in [-0.3, -0.25) is 4.79 Å². The molecular weight excluding hydrogens is 208 g/mol. The Bertz CT molecular complexity index is 398. The van der Waals surface area contributed by atoms with Gasteiger partial charge in [-0.25, -0.2) is 14.3 Å². The third-order valence-electron chi connectivity index (χ3n) is 2.51. The molecule has 0 unspecified atom stereocenters. The third-order valence-corrected chi connectivity index (χ3v) is 2.51. The Balaban J connectivity index is 1.94. The maximum atomic E-state index is 11.2. The highest BCUT2D eigenvalue weighted by atomic mass is 16.6. The number of hydrogen-bond acceptors (Lipinski definition) is 3. The van der Waals surface area contributed by atoms with Gasteiger partial charge in [-0.15, -0.1) is 0 Å². The van der Waals surface area contributed by atoms with Crippen LogP contribution in [0.15, 0.2) is 24.5 Å². The number of imide groups is 1. The zero-order chi connectivity index (χ0) is 11.5. The largest absolute Gasteiger partial charge is 0.439 e. The molecule has 0 atom stereocenters. The monoisotopic (exact) mass is 221 g/mol. The number of aryl methyl sites for hydroxylation is 1. The molecule has 1 aromatic rings. The van der Waals surface area contributed by atoms with Crippen LogP contribution in [-0.4, -0.2) is 30.1 Å². The maximum Gasteiger partial charge on any atom is 0.417 e. The van der Waals surface area contributed by atoms with E-state index in [1.807, 2.05) is 36.1 Å². The van der Waals surface area contributed by atoms with Crippen molar-refractivity contribution in [1.29, 1.82) is 0 Å². The van der Waals surface area contributed by atoms with Crippen molar-refractivity contribution in [2.24, 2.45) is 7.05 Å². The molecule has 5 heteroatoms. The van der Waals surface area contributed by atoms with Crippen molar-refractivity contribution in [2.45, 2.75) is 6.42 Å². The van der Waals surface area contributed by atoms with Gasteiger partial charge < -0.3 is 4.74 Å². The summed E-state index contributed by atoms with van der Waals surface area (Å²) in [5.74, 6) is -0.258. The Morgan fingerprint density at radius 1 is 1.38 bits per heavy atom. The molecule has 1 aliphatic heterocycles. The number of nitrogens with zero attached hydrogens (tertiary/aromatic N) is 2. The Morgan fingerprint density at radius 3 is 2.62 bits per heavy atom.